The van der Waals surface area contributed by atoms with Crippen LogP contribution in [0.15, 0.2) is 48.1 Å². The molecule has 1 amide bonds. The zero-order chi connectivity index (χ0) is 19.0. The molecule has 6 heteroatoms. The molecule has 3 aromatic heterocycles. The van der Waals surface area contributed by atoms with Crippen molar-refractivity contribution in [3.63, 3.8) is 0 Å². The predicted octanol–water partition coefficient (Wildman–Crippen LogP) is 4.56. The summed E-state index contributed by atoms with van der Waals surface area (Å²) < 4.78 is 1.94. The Morgan fingerprint density at radius 1 is 1.11 bits per heavy atom. The first-order valence-corrected chi connectivity index (χ1v) is 9.64. The number of carbonyl (C=O) groups is 1. The highest BCUT2D eigenvalue weighted by Gasteiger charge is 2.12. The maximum Gasteiger partial charge on any atom is 0.232 e. The van der Waals surface area contributed by atoms with E-state index in [-0.39, 0.29) is 12.3 Å². The van der Waals surface area contributed by atoms with Gasteiger partial charge in [-0.05, 0) is 49.6 Å². The zero-order valence-corrected chi connectivity index (χ0v) is 16.3. The molecule has 3 heterocycles. The Balaban J connectivity index is 1.47. The van der Waals surface area contributed by atoms with Crippen molar-refractivity contribution in [1.29, 1.82) is 0 Å². The van der Waals surface area contributed by atoms with Gasteiger partial charge in [0.25, 0.3) is 0 Å². The van der Waals surface area contributed by atoms with Gasteiger partial charge in [0.15, 0.2) is 5.13 Å². The van der Waals surface area contributed by atoms with Crippen molar-refractivity contribution in [1.82, 2.24) is 14.4 Å². The van der Waals surface area contributed by atoms with Gasteiger partial charge in [0.05, 0.1) is 17.8 Å². The van der Waals surface area contributed by atoms with Crippen molar-refractivity contribution < 1.29 is 4.79 Å². The number of benzene rings is 1. The molecule has 136 valence electrons. The number of anilines is 1. The topological polar surface area (TPSA) is 59.3 Å². The maximum absolute atomic E-state index is 12.4. The van der Waals surface area contributed by atoms with Crippen LogP contribution in [-0.2, 0) is 11.2 Å². The summed E-state index contributed by atoms with van der Waals surface area (Å²) in [5.74, 6) is -0.114. The fourth-order valence-corrected chi connectivity index (χ4v) is 3.72. The average molecular weight is 376 g/mol. The van der Waals surface area contributed by atoms with E-state index in [0.29, 0.717) is 5.13 Å². The van der Waals surface area contributed by atoms with Crippen molar-refractivity contribution in [3.8, 4) is 11.3 Å². The van der Waals surface area contributed by atoms with Crippen molar-refractivity contribution in [3.05, 3.63) is 70.5 Å². The minimum absolute atomic E-state index is 0.114. The van der Waals surface area contributed by atoms with Gasteiger partial charge in [0, 0.05) is 23.3 Å². The van der Waals surface area contributed by atoms with E-state index in [1.807, 2.05) is 41.2 Å². The molecule has 4 aromatic rings. The number of imidazole rings is 1. The molecule has 0 spiro atoms. The number of nitrogens with zero attached hydrogens (tertiary/aromatic N) is 3. The summed E-state index contributed by atoms with van der Waals surface area (Å²) in [4.78, 5) is 21.5. The van der Waals surface area contributed by atoms with E-state index in [0.717, 1.165) is 28.2 Å². The SMILES string of the molecule is Cc1ccc(-c2csc(NC(=O)Cc3cn4cccc(C)c4n3)n2)cc1C. The normalized spacial score (nSPS) is 11.1. The fourth-order valence-electron chi connectivity index (χ4n) is 2.98. The van der Waals surface area contributed by atoms with E-state index in [9.17, 15) is 4.79 Å². The zero-order valence-electron chi connectivity index (χ0n) is 15.5. The molecule has 0 atom stereocenters. The summed E-state index contributed by atoms with van der Waals surface area (Å²) in [5, 5.41) is 5.46. The molecule has 0 radical (unpaired) electrons. The molecule has 0 aliphatic carbocycles. The predicted molar refractivity (Wildman–Crippen MR) is 109 cm³/mol. The lowest BCUT2D eigenvalue weighted by atomic mass is 10.1. The van der Waals surface area contributed by atoms with Crippen LogP contribution in [0.3, 0.4) is 0 Å². The van der Waals surface area contributed by atoms with Gasteiger partial charge in [0.2, 0.25) is 5.91 Å². The Morgan fingerprint density at radius 2 is 1.96 bits per heavy atom. The van der Waals surface area contributed by atoms with E-state index in [1.165, 1.54) is 22.5 Å². The Morgan fingerprint density at radius 3 is 2.74 bits per heavy atom. The van der Waals surface area contributed by atoms with E-state index in [2.05, 4.69) is 47.3 Å². The molecule has 27 heavy (non-hydrogen) atoms. The number of carbonyl (C=O) groups excluding carboxylic acids is 1. The van der Waals surface area contributed by atoms with Crippen LogP contribution in [0.4, 0.5) is 5.13 Å². The lowest BCUT2D eigenvalue weighted by molar-refractivity contribution is -0.115. The van der Waals surface area contributed by atoms with Crippen LogP contribution in [0.2, 0.25) is 0 Å². The molecule has 0 aliphatic rings. The van der Waals surface area contributed by atoms with Crippen LogP contribution in [0.5, 0.6) is 0 Å². The van der Waals surface area contributed by atoms with Gasteiger partial charge >= 0.3 is 0 Å². The molecular formula is C21H20N4OS. The van der Waals surface area contributed by atoms with E-state index in [4.69, 9.17) is 0 Å². The van der Waals surface area contributed by atoms with E-state index >= 15 is 0 Å². The summed E-state index contributed by atoms with van der Waals surface area (Å²) in [7, 11) is 0. The number of hydrogen-bond acceptors (Lipinski definition) is 4. The smallest absolute Gasteiger partial charge is 0.232 e. The molecule has 0 saturated carbocycles. The number of aryl methyl sites for hydroxylation is 3. The van der Waals surface area contributed by atoms with Gasteiger partial charge in [-0.3, -0.25) is 4.79 Å². The standard InChI is InChI=1S/C21H20N4OS/c1-13-6-7-16(9-15(13)3)18-12-27-21(23-18)24-19(26)10-17-11-25-8-4-5-14(2)20(25)22-17/h4-9,11-12H,10H2,1-3H3,(H,23,24,26). The largest absolute Gasteiger partial charge is 0.307 e. The van der Waals surface area contributed by atoms with E-state index in [1.54, 1.807) is 0 Å². The van der Waals surface area contributed by atoms with Crippen LogP contribution >= 0.6 is 11.3 Å². The molecule has 0 saturated heterocycles. The molecule has 4 rings (SSSR count). The molecule has 0 unspecified atom stereocenters. The molecule has 0 bridgehead atoms. The first-order chi connectivity index (χ1) is 13.0. The molecule has 1 N–H and O–H groups in total. The summed E-state index contributed by atoms with van der Waals surface area (Å²) in [6.07, 6.45) is 4.05. The van der Waals surface area contributed by atoms with Crippen LogP contribution in [0.25, 0.3) is 16.9 Å². The lowest BCUT2D eigenvalue weighted by Gasteiger charge is -2.02. The minimum Gasteiger partial charge on any atom is -0.307 e. The first-order valence-electron chi connectivity index (χ1n) is 8.76. The highest BCUT2D eigenvalue weighted by atomic mass is 32.1. The van der Waals surface area contributed by atoms with Crippen molar-refractivity contribution >= 4 is 28.0 Å². The second-order valence-electron chi connectivity index (χ2n) is 6.72. The first kappa shape index (κ1) is 17.4. The number of nitrogens with one attached hydrogen (secondary N) is 1. The summed E-state index contributed by atoms with van der Waals surface area (Å²) in [6.45, 7) is 6.19. The molecule has 0 fully saturated rings. The lowest BCUT2D eigenvalue weighted by Crippen LogP contribution is -2.14. The fraction of sp³-hybridized carbons (Fsp3) is 0.190. The average Bonchev–Trinajstić information content (AvgIpc) is 3.25. The molecule has 0 aliphatic heterocycles. The number of fused-ring (bicyclic) bond motifs is 1. The van der Waals surface area contributed by atoms with Gasteiger partial charge in [-0.1, -0.05) is 18.2 Å². The molecular weight excluding hydrogens is 356 g/mol. The second-order valence-corrected chi connectivity index (χ2v) is 7.57. The maximum atomic E-state index is 12.4. The van der Waals surface area contributed by atoms with Gasteiger partial charge in [-0.2, -0.15) is 0 Å². The van der Waals surface area contributed by atoms with Crippen LogP contribution in [-0.4, -0.2) is 20.3 Å². The summed E-state index contributed by atoms with van der Waals surface area (Å²) in [6, 6.07) is 10.2. The van der Waals surface area contributed by atoms with Crippen LogP contribution in [0.1, 0.15) is 22.4 Å². The Labute approximate surface area is 161 Å². The van der Waals surface area contributed by atoms with Crippen molar-refractivity contribution in [2.45, 2.75) is 27.2 Å². The Hall–Kier alpha value is -2.99. The second kappa shape index (κ2) is 6.96. The third-order valence-electron chi connectivity index (χ3n) is 4.62. The highest BCUT2D eigenvalue weighted by molar-refractivity contribution is 7.14. The van der Waals surface area contributed by atoms with E-state index < -0.39 is 0 Å². The number of aromatic nitrogens is 3. The summed E-state index contributed by atoms with van der Waals surface area (Å²) in [5.41, 5.74) is 7.13. The highest BCUT2D eigenvalue weighted by Crippen LogP contribution is 2.26. The number of pyridine rings is 1. The van der Waals surface area contributed by atoms with Gasteiger partial charge in [0.1, 0.15) is 5.65 Å². The monoisotopic (exact) mass is 376 g/mol. The van der Waals surface area contributed by atoms with Gasteiger partial charge in [-0.25, -0.2) is 9.97 Å². The number of amides is 1. The van der Waals surface area contributed by atoms with Crippen molar-refractivity contribution in [2.24, 2.45) is 0 Å². The van der Waals surface area contributed by atoms with Crippen molar-refractivity contribution in [2.75, 3.05) is 5.32 Å². The number of rotatable bonds is 4. The van der Waals surface area contributed by atoms with Gasteiger partial charge in [-0.15, -0.1) is 11.3 Å². The number of hydrogen-bond donors (Lipinski definition) is 1. The summed E-state index contributed by atoms with van der Waals surface area (Å²) >= 11 is 1.43. The van der Waals surface area contributed by atoms with Gasteiger partial charge < -0.3 is 9.72 Å². The third kappa shape index (κ3) is 3.61. The Bertz CT molecular complexity index is 1140. The minimum atomic E-state index is -0.114. The molecule has 1 aromatic carbocycles. The number of thiazole rings is 1. The van der Waals surface area contributed by atoms with Crippen LogP contribution in [0, 0.1) is 20.8 Å². The Kier molecular flexibility index (Phi) is 4.49. The molecule has 5 nitrogen and oxygen atoms in total. The third-order valence-corrected chi connectivity index (χ3v) is 5.38. The van der Waals surface area contributed by atoms with Crippen LogP contribution < -0.4 is 5.32 Å². The quantitative estimate of drug-likeness (QED) is 0.568.